The predicted octanol–water partition coefficient (Wildman–Crippen LogP) is 6.83. The van der Waals surface area contributed by atoms with Gasteiger partial charge in [-0.15, -0.1) is 0 Å². The zero-order valence-corrected chi connectivity index (χ0v) is 28.6. The molecule has 0 radical (unpaired) electrons. The van der Waals surface area contributed by atoms with Crippen LogP contribution in [0, 0.1) is 0 Å². The molecule has 2 aromatic carbocycles. The van der Waals surface area contributed by atoms with Crippen LogP contribution < -0.4 is 20.4 Å². The van der Waals surface area contributed by atoms with E-state index < -0.39 is 59.0 Å². The van der Waals surface area contributed by atoms with Crippen LogP contribution in [-0.4, -0.2) is 76.8 Å². The minimum Gasteiger partial charge on any atom is -0.380 e. The first-order valence-electron chi connectivity index (χ1n) is 15.6. The monoisotopic (exact) mass is 684 g/mol. The Hall–Kier alpha value is -3.52. The van der Waals surface area contributed by atoms with Crippen LogP contribution in [0.3, 0.4) is 0 Å². The number of likely N-dealkylation sites (N-methyl/N-ethyl adjacent to an activating group) is 2. The molecule has 0 bridgehead atoms. The van der Waals surface area contributed by atoms with E-state index in [9.17, 15) is 35.9 Å². The van der Waals surface area contributed by atoms with E-state index in [-0.39, 0.29) is 23.5 Å². The van der Waals surface area contributed by atoms with Crippen LogP contribution in [0.4, 0.5) is 49.1 Å². The van der Waals surface area contributed by atoms with Gasteiger partial charge in [-0.25, -0.2) is 0 Å². The number of fused-ring (bicyclic) bond motifs is 2. The van der Waals surface area contributed by atoms with Crippen molar-refractivity contribution in [2.75, 3.05) is 48.7 Å². The van der Waals surface area contributed by atoms with Gasteiger partial charge in [0.15, 0.2) is 0 Å². The molecule has 2 unspecified atom stereocenters. The third kappa shape index (κ3) is 5.39. The number of rotatable bonds is 6. The fourth-order valence-corrected chi connectivity index (χ4v) is 7.79. The number of nitrogens with one attached hydrogen (secondary N) is 2. The van der Waals surface area contributed by atoms with Gasteiger partial charge < -0.3 is 29.9 Å². The Morgan fingerprint density at radius 2 is 0.979 bits per heavy atom. The Morgan fingerprint density at radius 1 is 0.667 bits per heavy atom. The molecular formula is C34H42F6N4O4. The highest BCUT2D eigenvalue weighted by atomic mass is 19.4. The van der Waals surface area contributed by atoms with E-state index in [1.54, 1.807) is 12.1 Å². The Kier molecular flexibility index (Phi) is 8.60. The van der Waals surface area contributed by atoms with Crippen molar-refractivity contribution in [2.45, 2.75) is 101 Å². The van der Waals surface area contributed by atoms with Crippen molar-refractivity contribution < 1.29 is 45.4 Å². The van der Waals surface area contributed by atoms with Crippen LogP contribution in [0.25, 0.3) is 0 Å². The molecule has 0 aromatic heterocycles. The van der Waals surface area contributed by atoms with Gasteiger partial charge in [-0.2, -0.15) is 26.3 Å². The van der Waals surface area contributed by atoms with Crippen molar-refractivity contribution in [3.63, 3.8) is 0 Å². The summed E-state index contributed by atoms with van der Waals surface area (Å²) in [5, 5.41) is 4.11. The van der Waals surface area contributed by atoms with Gasteiger partial charge in [-0.05, 0) is 48.2 Å². The maximum absolute atomic E-state index is 13.5. The summed E-state index contributed by atoms with van der Waals surface area (Å²) in [7, 11) is 6.46. The lowest BCUT2D eigenvalue weighted by molar-refractivity contribution is -0.167. The molecule has 2 N–H and O–H groups in total. The molecule has 48 heavy (non-hydrogen) atoms. The predicted molar refractivity (Wildman–Crippen MR) is 171 cm³/mol. The summed E-state index contributed by atoms with van der Waals surface area (Å²) < 4.78 is 93.2. The van der Waals surface area contributed by atoms with E-state index in [1.807, 2.05) is 65.4 Å². The molecule has 2 amide bonds. The minimum atomic E-state index is -5.16. The quantitative estimate of drug-likeness (QED) is 0.325. The Balaban J connectivity index is 1.68. The summed E-state index contributed by atoms with van der Waals surface area (Å²) >= 11 is 0. The molecular weight excluding hydrogens is 642 g/mol. The summed E-state index contributed by atoms with van der Waals surface area (Å²) in [6.07, 6.45) is -12.0. The van der Waals surface area contributed by atoms with Gasteiger partial charge in [0.2, 0.25) is 0 Å². The van der Waals surface area contributed by atoms with E-state index in [1.165, 1.54) is 26.4 Å². The molecule has 8 nitrogen and oxygen atoms in total. The second kappa shape index (κ2) is 11.5. The molecule has 2 aromatic rings. The second-order valence-electron chi connectivity index (χ2n) is 14.3. The fraction of sp³-hybridized carbons (Fsp3) is 0.588. The number of carbonyl (C=O) groups is 2. The third-order valence-corrected chi connectivity index (χ3v) is 11.4. The maximum Gasteiger partial charge on any atom is 0.471 e. The molecule has 0 saturated heterocycles. The largest absolute Gasteiger partial charge is 0.471 e. The molecule has 2 aliphatic heterocycles. The Bertz CT molecular complexity index is 1510. The number of nitrogens with zero attached hydrogens (tertiary/aromatic N) is 2. The summed E-state index contributed by atoms with van der Waals surface area (Å²) in [5.41, 5.74) is 2.69. The number of benzene rings is 2. The molecule has 264 valence electrons. The number of methoxy groups -OCH3 is 2. The number of hydrogen-bond acceptors (Lipinski definition) is 6. The lowest BCUT2D eigenvalue weighted by atomic mass is 9.61. The first-order chi connectivity index (χ1) is 22.0. The zero-order valence-electron chi connectivity index (χ0n) is 28.6. The fourth-order valence-electron chi connectivity index (χ4n) is 7.79. The van der Waals surface area contributed by atoms with E-state index in [0.29, 0.717) is 22.5 Å². The van der Waals surface area contributed by atoms with Crippen molar-refractivity contribution in [2.24, 2.45) is 0 Å². The van der Waals surface area contributed by atoms with Crippen molar-refractivity contribution >= 4 is 34.6 Å². The normalized spacial score (nSPS) is 27.3. The molecule has 1 fully saturated rings. The van der Waals surface area contributed by atoms with Crippen molar-refractivity contribution in [3.8, 4) is 0 Å². The van der Waals surface area contributed by atoms with Crippen LogP contribution in [0.2, 0.25) is 0 Å². The van der Waals surface area contributed by atoms with Crippen molar-refractivity contribution in [3.05, 3.63) is 46.5 Å². The SMILES string of the molecule is COC1C(c2cc3c(cc2NC(=O)C(F)(F)F)N(C)C(C)C3(C)C)C(OC)C1c1cc2c(cc1NC(=O)C(F)(F)F)N(C)C(C)C2(C)C. The second-order valence-corrected chi connectivity index (χ2v) is 14.3. The number of hydrogen-bond donors (Lipinski definition) is 2. The van der Waals surface area contributed by atoms with Crippen LogP contribution in [0.15, 0.2) is 24.3 Å². The van der Waals surface area contributed by atoms with Crippen LogP contribution in [-0.2, 0) is 29.9 Å². The highest BCUT2D eigenvalue weighted by molar-refractivity contribution is 5.97. The number of amides is 2. The molecule has 3 aliphatic rings. The van der Waals surface area contributed by atoms with Gasteiger partial charge in [0, 0.05) is 85.8 Å². The summed E-state index contributed by atoms with van der Waals surface area (Å²) in [6, 6.07) is 6.53. The van der Waals surface area contributed by atoms with Crippen molar-refractivity contribution in [1.29, 1.82) is 0 Å². The molecule has 2 heterocycles. The molecule has 14 heteroatoms. The smallest absolute Gasteiger partial charge is 0.380 e. The Morgan fingerprint density at radius 3 is 1.25 bits per heavy atom. The average molecular weight is 685 g/mol. The summed E-state index contributed by atoms with van der Waals surface area (Å²) in [6.45, 7) is 12.1. The van der Waals surface area contributed by atoms with Gasteiger partial charge in [0.05, 0.1) is 12.2 Å². The van der Waals surface area contributed by atoms with E-state index in [4.69, 9.17) is 9.47 Å². The maximum atomic E-state index is 13.5. The number of halogens is 6. The first kappa shape index (κ1) is 35.8. The van der Waals surface area contributed by atoms with Crippen LogP contribution in [0.1, 0.15) is 75.6 Å². The number of anilines is 4. The molecule has 2 atom stereocenters. The molecule has 0 spiro atoms. The molecule has 1 saturated carbocycles. The van der Waals surface area contributed by atoms with Gasteiger partial charge in [-0.1, -0.05) is 39.8 Å². The summed E-state index contributed by atoms with van der Waals surface area (Å²) in [5.74, 6) is -5.78. The van der Waals surface area contributed by atoms with E-state index >= 15 is 0 Å². The lowest BCUT2D eigenvalue weighted by Gasteiger charge is -2.51. The summed E-state index contributed by atoms with van der Waals surface area (Å²) in [4.78, 5) is 28.4. The molecule has 1 aliphatic carbocycles. The standard InChI is InChI=1S/C34H42F6N4O4/c1-15-31(3,4)19-11-17(21(13-23(19)43(15)7)41-29(45)33(35,36)37)25-27(47-9)26(28(25)48-10)18-12-20-24(44(8)16(2)32(20,5)6)14-22(18)42-30(46)34(38,39)40/h11-16,25-28H,1-10H3,(H,41,45)(H,42,46). The zero-order chi connectivity index (χ0) is 36.0. The van der Waals surface area contributed by atoms with E-state index in [2.05, 4.69) is 10.6 Å². The number of ether oxygens (including phenoxy) is 2. The highest BCUT2D eigenvalue weighted by Gasteiger charge is 2.56. The average Bonchev–Trinajstić information content (AvgIpc) is 3.24. The van der Waals surface area contributed by atoms with Crippen molar-refractivity contribution in [1.82, 2.24) is 0 Å². The molecule has 5 rings (SSSR count). The van der Waals surface area contributed by atoms with E-state index in [0.717, 1.165) is 11.1 Å². The minimum absolute atomic E-state index is 0.0328. The van der Waals surface area contributed by atoms with Gasteiger partial charge in [0.1, 0.15) is 0 Å². The van der Waals surface area contributed by atoms with Crippen LogP contribution in [0.5, 0.6) is 0 Å². The van der Waals surface area contributed by atoms with Gasteiger partial charge >= 0.3 is 24.2 Å². The third-order valence-electron chi connectivity index (χ3n) is 11.4. The first-order valence-corrected chi connectivity index (χ1v) is 15.6. The number of carbonyl (C=O) groups excluding carboxylic acids is 2. The van der Waals surface area contributed by atoms with Gasteiger partial charge in [-0.3, -0.25) is 9.59 Å². The topological polar surface area (TPSA) is 83.1 Å². The lowest BCUT2D eigenvalue weighted by Crippen LogP contribution is -2.54. The highest BCUT2D eigenvalue weighted by Crippen LogP contribution is 2.58. The van der Waals surface area contributed by atoms with Crippen LogP contribution >= 0.6 is 0 Å². The Labute approximate surface area is 276 Å². The number of alkyl halides is 6. The van der Waals surface area contributed by atoms with Gasteiger partial charge in [0.25, 0.3) is 0 Å².